The lowest BCUT2D eigenvalue weighted by Gasteiger charge is -2.42. The van der Waals surface area contributed by atoms with Gasteiger partial charge in [0.25, 0.3) is 0 Å². The highest BCUT2D eigenvalue weighted by molar-refractivity contribution is 4.88. The largest absolute Gasteiger partial charge is 0.383 e. The van der Waals surface area contributed by atoms with Crippen molar-refractivity contribution in [2.75, 3.05) is 46.4 Å². The molecule has 0 radical (unpaired) electrons. The number of nitrogens with zero attached hydrogens (tertiary/aromatic N) is 2. The molecule has 122 valence electrons. The first-order valence-electron chi connectivity index (χ1n) is 9.07. The monoisotopic (exact) mass is 295 g/mol. The van der Waals surface area contributed by atoms with Gasteiger partial charge in [-0.15, -0.1) is 0 Å². The van der Waals surface area contributed by atoms with E-state index >= 15 is 0 Å². The van der Waals surface area contributed by atoms with Crippen LogP contribution in [0, 0.1) is 0 Å². The van der Waals surface area contributed by atoms with Crippen LogP contribution in [0.25, 0.3) is 0 Å². The van der Waals surface area contributed by atoms with Gasteiger partial charge < -0.3 is 15.0 Å². The third-order valence-electron chi connectivity index (χ3n) is 5.50. The molecule has 0 aromatic carbocycles. The molecule has 2 saturated heterocycles. The molecule has 1 unspecified atom stereocenters. The average molecular weight is 295 g/mol. The zero-order valence-corrected chi connectivity index (χ0v) is 13.7. The van der Waals surface area contributed by atoms with Gasteiger partial charge >= 0.3 is 0 Å². The molecule has 0 amide bonds. The summed E-state index contributed by atoms with van der Waals surface area (Å²) in [5.41, 5.74) is 0. The Kier molecular flexibility index (Phi) is 5.92. The molecule has 1 aliphatic carbocycles. The fourth-order valence-corrected chi connectivity index (χ4v) is 3.98. The van der Waals surface area contributed by atoms with Gasteiger partial charge in [0.15, 0.2) is 0 Å². The highest BCUT2D eigenvalue weighted by Gasteiger charge is 2.30. The summed E-state index contributed by atoms with van der Waals surface area (Å²) in [4.78, 5) is 5.42. The average Bonchev–Trinajstić information content (AvgIpc) is 3.37. The Hall–Kier alpha value is -0.160. The lowest BCUT2D eigenvalue weighted by Crippen LogP contribution is -2.52. The van der Waals surface area contributed by atoms with Crippen molar-refractivity contribution in [1.29, 1.82) is 0 Å². The summed E-state index contributed by atoms with van der Waals surface area (Å²) in [5.74, 6) is 0. The van der Waals surface area contributed by atoms with E-state index < -0.39 is 0 Å². The van der Waals surface area contributed by atoms with Gasteiger partial charge in [-0.25, -0.2) is 0 Å². The van der Waals surface area contributed by atoms with Crippen LogP contribution in [0.3, 0.4) is 0 Å². The van der Waals surface area contributed by atoms with Gasteiger partial charge in [-0.1, -0.05) is 6.42 Å². The van der Waals surface area contributed by atoms with Crippen LogP contribution in [0.4, 0.5) is 0 Å². The molecule has 2 heterocycles. The summed E-state index contributed by atoms with van der Waals surface area (Å²) in [6.07, 6.45) is 9.72. The number of ether oxygens (including phenoxy) is 1. The Balaban J connectivity index is 1.43. The molecular weight excluding hydrogens is 262 g/mol. The van der Waals surface area contributed by atoms with E-state index in [4.69, 9.17) is 4.74 Å². The molecule has 4 heteroatoms. The summed E-state index contributed by atoms with van der Waals surface area (Å²) in [6, 6.07) is 2.22. The van der Waals surface area contributed by atoms with E-state index in [1.54, 1.807) is 0 Å². The van der Waals surface area contributed by atoms with Crippen molar-refractivity contribution in [2.45, 2.75) is 63.1 Å². The lowest BCUT2D eigenvalue weighted by molar-refractivity contribution is 0.0412. The van der Waals surface area contributed by atoms with E-state index in [-0.39, 0.29) is 0 Å². The van der Waals surface area contributed by atoms with E-state index in [9.17, 15) is 0 Å². The van der Waals surface area contributed by atoms with Crippen LogP contribution < -0.4 is 5.32 Å². The van der Waals surface area contributed by atoms with E-state index in [1.165, 1.54) is 71.1 Å². The third kappa shape index (κ3) is 4.65. The van der Waals surface area contributed by atoms with Gasteiger partial charge in [-0.3, -0.25) is 4.90 Å². The van der Waals surface area contributed by atoms with E-state index in [0.717, 1.165) is 25.2 Å². The number of hydrogen-bond donors (Lipinski definition) is 1. The molecule has 0 aromatic heterocycles. The maximum Gasteiger partial charge on any atom is 0.0630 e. The smallest absolute Gasteiger partial charge is 0.0630 e. The molecule has 3 rings (SSSR count). The number of rotatable bonds is 7. The first kappa shape index (κ1) is 15.7. The molecular formula is C17H33N3O. The van der Waals surface area contributed by atoms with Gasteiger partial charge in [-0.2, -0.15) is 0 Å². The topological polar surface area (TPSA) is 27.7 Å². The van der Waals surface area contributed by atoms with Crippen LogP contribution in [0.5, 0.6) is 0 Å². The quantitative estimate of drug-likeness (QED) is 0.774. The van der Waals surface area contributed by atoms with Crippen LogP contribution in [-0.2, 0) is 4.74 Å². The minimum Gasteiger partial charge on any atom is -0.383 e. The van der Waals surface area contributed by atoms with Crippen LogP contribution in [-0.4, -0.2) is 74.4 Å². The van der Waals surface area contributed by atoms with Crippen LogP contribution in [0.1, 0.15) is 44.9 Å². The minimum absolute atomic E-state index is 0.568. The predicted molar refractivity (Wildman–Crippen MR) is 86.7 cm³/mol. The molecule has 0 aromatic rings. The molecule has 1 saturated carbocycles. The second kappa shape index (κ2) is 7.91. The number of hydrogen-bond acceptors (Lipinski definition) is 4. The Morgan fingerprint density at radius 1 is 1.00 bits per heavy atom. The van der Waals surface area contributed by atoms with Crippen molar-refractivity contribution in [2.24, 2.45) is 0 Å². The molecule has 1 atom stereocenters. The normalized spacial score (nSPS) is 27.9. The van der Waals surface area contributed by atoms with Gasteiger partial charge in [0.1, 0.15) is 0 Å². The standard InChI is InChI=1S/C17H33N3O/c1-21-14-17(13-18-15-5-6-15)20-11-7-16(8-12-20)19-9-3-2-4-10-19/h15-18H,2-14H2,1H3. The summed E-state index contributed by atoms with van der Waals surface area (Å²) >= 11 is 0. The van der Waals surface area contributed by atoms with E-state index in [0.29, 0.717) is 6.04 Å². The number of nitrogens with one attached hydrogen (secondary N) is 1. The van der Waals surface area contributed by atoms with E-state index in [1.807, 2.05) is 7.11 Å². The fraction of sp³-hybridized carbons (Fsp3) is 1.00. The summed E-state index contributed by atoms with van der Waals surface area (Å²) in [7, 11) is 1.84. The summed E-state index contributed by atoms with van der Waals surface area (Å²) in [6.45, 7) is 7.16. The second-order valence-corrected chi connectivity index (χ2v) is 7.16. The molecule has 0 spiro atoms. The van der Waals surface area contributed by atoms with Gasteiger partial charge in [0.05, 0.1) is 6.61 Å². The van der Waals surface area contributed by atoms with Crippen molar-refractivity contribution in [1.82, 2.24) is 15.1 Å². The maximum atomic E-state index is 5.46. The second-order valence-electron chi connectivity index (χ2n) is 7.16. The Morgan fingerprint density at radius 2 is 1.71 bits per heavy atom. The van der Waals surface area contributed by atoms with Crippen molar-refractivity contribution in [3.63, 3.8) is 0 Å². The zero-order valence-electron chi connectivity index (χ0n) is 13.7. The summed E-state index contributed by atoms with van der Waals surface area (Å²) < 4.78 is 5.46. The number of piperidine rings is 2. The molecule has 2 aliphatic heterocycles. The highest BCUT2D eigenvalue weighted by atomic mass is 16.5. The zero-order chi connectivity index (χ0) is 14.5. The molecule has 4 nitrogen and oxygen atoms in total. The van der Waals surface area contributed by atoms with Crippen molar-refractivity contribution in [3.05, 3.63) is 0 Å². The number of methoxy groups -OCH3 is 1. The summed E-state index contributed by atoms with van der Waals surface area (Å²) in [5, 5.41) is 3.68. The van der Waals surface area contributed by atoms with E-state index in [2.05, 4.69) is 15.1 Å². The predicted octanol–water partition coefficient (Wildman–Crippen LogP) is 1.70. The van der Waals surface area contributed by atoms with Gasteiger partial charge in [0, 0.05) is 44.9 Å². The van der Waals surface area contributed by atoms with Gasteiger partial charge in [0.2, 0.25) is 0 Å². The molecule has 3 fully saturated rings. The Morgan fingerprint density at radius 3 is 2.33 bits per heavy atom. The van der Waals surface area contributed by atoms with Crippen LogP contribution in [0.2, 0.25) is 0 Å². The van der Waals surface area contributed by atoms with Crippen molar-refractivity contribution >= 4 is 0 Å². The van der Waals surface area contributed by atoms with Crippen LogP contribution >= 0.6 is 0 Å². The first-order chi connectivity index (χ1) is 10.4. The Bertz CT molecular complexity index is 294. The minimum atomic E-state index is 0.568. The molecule has 1 N–H and O–H groups in total. The van der Waals surface area contributed by atoms with Crippen molar-refractivity contribution < 1.29 is 4.74 Å². The lowest BCUT2D eigenvalue weighted by atomic mass is 9.99. The SMILES string of the molecule is COCC(CNC1CC1)N1CCC(N2CCCCC2)CC1. The first-order valence-corrected chi connectivity index (χ1v) is 9.07. The van der Waals surface area contributed by atoms with Crippen molar-refractivity contribution in [3.8, 4) is 0 Å². The maximum absolute atomic E-state index is 5.46. The molecule has 3 aliphatic rings. The molecule has 0 bridgehead atoms. The number of likely N-dealkylation sites (tertiary alicyclic amines) is 2. The van der Waals surface area contributed by atoms with Crippen LogP contribution in [0.15, 0.2) is 0 Å². The fourth-order valence-electron chi connectivity index (χ4n) is 3.98. The third-order valence-corrected chi connectivity index (χ3v) is 5.50. The Labute approximate surface area is 130 Å². The molecule has 21 heavy (non-hydrogen) atoms. The highest BCUT2D eigenvalue weighted by Crippen LogP contribution is 2.23. The van der Waals surface area contributed by atoms with Gasteiger partial charge in [-0.05, 0) is 51.6 Å².